The molecule has 0 bridgehead atoms. The molecule has 3 heterocycles. The molecule has 1 atom stereocenters. The predicted octanol–water partition coefficient (Wildman–Crippen LogP) is 3.39. The van der Waals surface area contributed by atoms with Crippen LogP contribution in [-0.4, -0.2) is 34.3 Å². The van der Waals surface area contributed by atoms with E-state index in [1.165, 1.54) is 23.5 Å². The number of aliphatic hydroxyl groups excluding tert-OH is 1. The lowest BCUT2D eigenvalue weighted by atomic mass is 10.0. The second-order valence-electron chi connectivity index (χ2n) is 6.63. The van der Waals surface area contributed by atoms with Gasteiger partial charge in [0, 0.05) is 28.9 Å². The molecule has 0 spiro atoms. The standard InChI is InChI=1S/C19H16FN3O2S/c20-10-3-4-12-14(8-10)15-13(5-6-21-18(15)25)17-16(12)22-19(26-17)23-7-1-2-11(23)9-24/h3-6,8,11,24H,1-2,7,9H2,(H,21,25)/t11-/m0/s1. The number of fused-ring (bicyclic) bond motifs is 6. The van der Waals surface area contributed by atoms with E-state index in [2.05, 4.69) is 9.88 Å². The molecule has 26 heavy (non-hydrogen) atoms. The monoisotopic (exact) mass is 369 g/mol. The molecule has 7 heteroatoms. The number of aliphatic hydroxyl groups is 1. The zero-order valence-electron chi connectivity index (χ0n) is 13.8. The molecule has 0 saturated carbocycles. The van der Waals surface area contributed by atoms with Crippen LogP contribution in [0.1, 0.15) is 12.8 Å². The van der Waals surface area contributed by atoms with Crippen molar-refractivity contribution >= 4 is 48.2 Å². The van der Waals surface area contributed by atoms with Crippen LogP contribution in [0.3, 0.4) is 0 Å². The molecule has 0 amide bonds. The van der Waals surface area contributed by atoms with Gasteiger partial charge in [-0.3, -0.25) is 4.79 Å². The Balaban J connectivity index is 1.90. The zero-order chi connectivity index (χ0) is 17.8. The van der Waals surface area contributed by atoms with Crippen molar-refractivity contribution in [3.8, 4) is 0 Å². The van der Waals surface area contributed by atoms with Crippen molar-refractivity contribution < 1.29 is 9.50 Å². The van der Waals surface area contributed by atoms with Crippen LogP contribution in [-0.2, 0) is 0 Å². The number of rotatable bonds is 2. The Labute approximate surface area is 151 Å². The maximum atomic E-state index is 13.9. The number of halogens is 1. The molecule has 4 aromatic rings. The summed E-state index contributed by atoms with van der Waals surface area (Å²) in [5, 5.41) is 13.1. The number of benzene rings is 2. The molecule has 0 unspecified atom stereocenters. The van der Waals surface area contributed by atoms with Crippen LogP contribution in [0.4, 0.5) is 9.52 Å². The van der Waals surface area contributed by atoms with Gasteiger partial charge in [0.15, 0.2) is 5.13 Å². The highest BCUT2D eigenvalue weighted by molar-refractivity contribution is 7.23. The number of thiazole rings is 1. The Morgan fingerprint density at radius 3 is 3.04 bits per heavy atom. The first-order chi connectivity index (χ1) is 12.7. The number of aromatic nitrogens is 2. The number of pyridine rings is 1. The van der Waals surface area contributed by atoms with Crippen LogP contribution >= 0.6 is 11.3 Å². The van der Waals surface area contributed by atoms with Gasteiger partial charge in [0.05, 0.1) is 28.3 Å². The molecule has 0 aliphatic carbocycles. The first kappa shape index (κ1) is 15.7. The maximum absolute atomic E-state index is 13.9. The number of aromatic amines is 1. The number of hydrogen-bond donors (Lipinski definition) is 2. The summed E-state index contributed by atoms with van der Waals surface area (Å²) in [5.74, 6) is -0.378. The van der Waals surface area contributed by atoms with Crippen LogP contribution in [0.5, 0.6) is 0 Å². The van der Waals surface area contributed by atoms with Crippen molar-refractivity contribution in [1.82, 2.24) is 9.97 Å². The molecule has 2 aromatic heterocycles. The summed E-state index contributed by atoms with van der Waals surface area (Å²) in [6.45, 7) is 0.957. The van der Waals surface area contributed by atoms with E-state index in [1.54, 1.807) is 12.3 Å². The van der Waals surface area contributed by atoms with E-state index in [0.29, 0.717) is 10.8 Å². The largest absolute Gasteiger partial charge is 0.394 e. The highest BCUT2D eigenvalue weighted by Gasteiger charge is 2.27. The number of nitrogens with one attached hydrogen (secondary N) is 1. The highest BCUT2D eigenvalue weighted by Crippen LogP contribution is 2.40. The van der Waals surface area contributed by atoms with Crippen molar-refractivity contribution in [1.29, 1.82) is 0 Å². The molecule has 132 valence electrons. The van der Waals surface area contributed by atoms with E-state index in [4.69, 9.17) is 4.98 Å². The van der Waals surface area contributed by atoms with Gasteiger partial charge in [0.2, 0.25) is 0 Å². The second kappa shape index (κ2) is 5.75. The fourth-order valence-electron chi connectivity index (χ4n) is 3.94. The molecule has 0 radical (unpaired) electrons. The van der Waals surface area contributed by atoms with Gasteiger partial charge in [-0.15, -0.1) is 0 Å². The van der Waals surface area contributed by atoms with Crippen LogP contribution in [0.15, 0.2) is 35.3 Å². The number of nitrogens with zero attached hydrogens (tertiary/aromatic N) is 2. The van der Waals surface area contributed by atoms with Gasteiger partial charge in [-0.2, -0.15) is 0 Å². The minimum atomic E-state index is -0.378. The Morgan fingerprint density at radius 2 is 2.19 bits per heavy atom. The van der Waals surface area contributed by atoms with Gasteiger partial charge in [-0.1, -0.05) is 11.3 Å². The summed E-state index contributed by atoms with van der Waals surface area (Å²) in [6.07, 6.45) is 3.58. The third-order valence-electron chi connectivity index (χ3n) is 5.16. The fraction of sp³-hybridized carbons (Fsp3) is 0.263. The molecule has 1 aliphatic rings. The van der Waals surface area contributed by atoms with Crippen molar-refractivity contribution in [3.05, 3.63) is 46.6 Å². The summed E-state index contributed by atoms with van der Waals surface area (Å²) in [5.41, 5.74) is 0.547. The summed E-state index contributed by atoms with van der Waals surface area (Å²) >= 11 is 1.53. The molecular formula is C19H16FN3O2S. The summed E-state index contributed by atoms with van der Waals surface area (Å²) in [6, 6.07) is 6.41. The van der Waals surface area contributed by atoms with E-state index >= 15 is 0 Å². The fourth-order valence-corrected chi connectivity index (χ4v) is 5.15. The van der Waals surface area contributed by atoms with Gasteiger partial charge < -0.3 is 15.0 Å². The third kappa shape index (κ3) is 2.17. The summed E-state index contributed by atoms with van der Waals surface area (Å²) in [7, 11) is 0. The molecule has 1 saturated heterocycles. The topological polar surface area (TPSA) is 69.2 Å². The number of hydrogen-bond acceptors (Lipinski definition) is 5. The van der Waals surface area contributed by atoms with Crippen LogP contribution < -0.4 is 10.5 Å². The normalized spacial score (nSPS) is 17.8. The number of anilines is 1. The quantitative estimate of drug-likeness (QED) is 0.532. The first-order valence-corrected chi connectivity index (χ1v) is 9.39. The van der Waals surface area contributed by atoms with Gasteiger partial charge in [0.25, 0.3) is 5.56 Å². The second-order valence-corrected chi connectivity index (χ2v) is 7.61. The van der Waals surface area contributed by atoms with E-state index in [0.717, 1.165) is 45.5 Å². The van der Waals surface area contributed by atoms with Crippen molar-refractivity contribution in [2.24, 2.45) is 0 Å². The number of H-pyrrole nitrogens is 1. The maximum Gasteiger partial charge on any atom is 0.256 e. The van der Waals surface area contributed by atoms with Crippen LogP contribution in [0.25, 0.3) is 31.8 Å². The van der Waals surface area contributed by atoms with Crippen molar-refractivity contribution in [2.45, 2.75) is 18.9 Å². The summed E-state index contributed by atoms with van der Waals surface area (Å²) in [4.78, 5) is 22.1. The van der Waals surface area contributed by atoms with E-state index in [1.807, 2.05) is 6.07 Å². The Morgan fingerprint density at radius 1 is 1.31 bits per heavy atom. The lowest BCUT2D eigenvalue weighted by Crippen LogP contribution is -2.31. The van der Waals surface area contributed by atoms with Crippen molar-refractivity contribution in [3.63, 3.8) is 0 Å². The average molecular weight is 369 g/mol. The predicted molar refractivity (Wildman–Crippen MR) is 103 cm³/mol. The average Bonchev–Trinajstić information content (AvgIpc) is 3.28. The molecular weight excluding hydrogens is 353 g/mol. The lowest BCUT2D eigenvalue weighted by molar-refractivity contribution is 0.266. The molecule has 2 N–H and O–H groups in total. The zero-order valence-corrected chi connectivity index (χ0v) is 14.6. The van der Waals surface area contributed by atoms with E-state index in [9.17, 15) is 14.3 Å². The Bertz CT molecular complexity index is 1220. The smallest absolute Gasteiger partial charge is 0.256 e. The van der Waals surface area contributed by atoms with Crippen molar-refractivity contribution in [2.75, 3.05) is 18.1 Å². The third-order valence-corrected chi connectivity index (χ3v) is 6.29. The first-order valence-electron chi connectivity index (χ1n) is 8.58. The van der Waals surface area contributed by atoms with Gasteiger partial charge in [0.1, 0.15) is 5.82 Å². The molecule has 5 rings (SSSR count). The van der Waals surface area contributed by atoms with Gasteiger partial charge in [-0.05, 0) is 37.1 Å². The van der Waals surface area contributed by atoms with E-state index < -0.39 is 0 Å². The lowest BCUT2D eigenvalue weighted by Gasteiger charge is -2.21. The molecule has 5 nitrogen and oxygen atoms in total. The molecule has 1 aliphatic heterocycles. The van der Waals surface area contributed by atoms with Gasteiger partial charge >= 0.3 is 0 Å². The van der Waals surface area contributed by atoms with Crippen LogP contribution in [0.2, 0.25) is 0 Å². The van der Waals surface area contributed by atoms with E-state index in [-0.39, 0.29) is 24.0 Å². The Kier molecular flexibility index (Phi) is 3.48. The van der Waals surface area contributed by atoms with Crippen LogP contribution in [0, 0.1) is 5.82 Å². The minimum absolute atomic E-state index is 0.0777. The molecule has 2 aromatic carbocycles. The minimum Gasteiger partial charge on any atom is -0.394 e. The van der Waals surface area contributed by atoms with Gasteiger partial charge in [-0.25, -0.2) is 9.37 Å². The Hall–Kier alpha value is -2.51. The molecule has 1 fully saturated rings. The SMILES string of the molecule is O=c1[nH]ccc2c3sc(N4CCC[C@H]4CO)nc3c3ccc(F)cc3c12. The highest BCUT2D eigenvalue weighted by atomic mass is 32.1. The summed E-state index contributed by atoms with van der Waals surface area (Å²) < 4.78 is 14.8.